The number of carbonyl (C=O) groups excluding carboxylic acids is 3. The van der Waals surface area contributed by atoms with Crippen molar-refractivity contribution in [3.63, 3.8) is 0 Å². The zero-order valence-electron chi connectivity index (χ0n) is 15.2. The molecule has 0 aliphatic carbocycles. The molecule has 3 aromatic rings. The van der Waals surface area contributed by atoms with Crippen molar-refractivity contribution < 1.29 is 14.4 Å². The highest BCUT2D eigenvalue weighted by Gasteiger charge is 2.34. The Morgan fingerprint density at radius 2 is 1.71 bits per heavy atom. The number of nitrogens with one attached hydrogen (secondary N) is 3. The number of aromatic amines is 2. The molecule has 142 valence electrons. The van der Waals surface area contributed by atoms with Gasteiger partial charge in [-0.1, -0.05) is 11.6 Å². The van der Waals surface area contributed by atoms with Crippen molar-refractivity contribution in [2.75, 3.05) is 11.9 Å². The number of aryl methyl sites for hydroxylation is 1. The summed E-state index contributed by atoms with van der Waals surface area (Å²) in [5, 5.41) is 2.75. The summed E-state index contributed by atoms with van der Waals surface area (Å²) >= 11 is 0. The molecule has 28 heavy (non-hydrogen) atoms. The number of benzene rings is 2. The molecule has 2 aromatic carbocycles. The second-order valence-electron chi connectivity index (χ2n) is 6.80. The highest BCUT2D eigenvalue weighted by molar-refractivity contribution is 6.21. The van der Waals surface area contributed by atoms with E-state index in [9.17, 15) is 19.2 Å². The summed E-state index contributed by atoms with van der Waals surface area (Å²) < 4.78 is 0. The van der Waals surface area contributed by atoms with Crippen molar-refractivity contribution in [3.05, 3.63) is 63.6 Å². The molecule has 1 aliphatic rings. The summed E-state index contributed by atoms with van der Waals surface area (Å²) in [6.07, 6.45) is 0.521. The standard InChI is InChI=1S/C20H18N4O4/c1-11-4-6-13-14(9-11)19(27)24(18(13)26)8-2-3-17(25)21-12-5-7-15-16(10-12)23-20(28)22-15/h4-7,9-10H,2-3,8H2,1H3,(H,21,25)(H2,22,23,28). The first-order valence-corrected chi connectivity index (χ1v) is 8.91. The van der Waals surface area contributed by atoms with E-state index in [1.807, 2.05) is 6.92 Å². The zero-order valence-corrected chi connectivity index (χ0v) is 15.2. The van der Waals surface area contributed by atoms with Crippen LogP contribution < -0.4 is 11.0 Å². The second-order valence-corrected chi connectivity index (χ2v) is 6.80. The molecule has 3 amide bonds. The van der Waals surface area contributed by atoms with E-state index in [1.54, 1.807) is 36.4 Å². The third-order valence-electron chi connectivity index (χ3n) is 4.71. The molecule has 1 aliphatic heterocycles. The van der Waals surface area contributed by atoms with Gasteiger partial charge in [-0.25, -0.2) is 4.79 Å². The summed E-state index contributed by atoms with van der Waals surface area (Å²) in [5.41, 5.74) is 3.26. The van der Waals surface area contributed by atoms with Gasteiger partial charge in [0.05, 0.1) is 22.2 Å². The topological polar surface area (TPSA) is 115 Å². The van der Waals surface area contributed by atoms with E-state index in [0.29, 0.717) is 34.3 Å². The van der Waals surface area contributed by atoms with E-state index < -0.39 is 0 Å². The van der Waals surface area contributed by atoms with Crippen molar-refractivity contribution >= 4 is 34.4 Å². The van der Waals surface area contributed by atoms with Gasteiger partial charge >= 0.3 is 5.69 Å². The molecule has 0 saturated carbocycles. The zero-order chi connectivity index (χ0) is 19.8. The summed E-state index contributed by atoms with van der Waals surface area (Å²) in [5.74, 6) is -0.863. The molecule has 2 heterocycles. The highest BCUT2D eigenvalue weighted by Crippen LogP contribution is 2.24. The monoisotopic (exact) mass is 378 g/mol. The normalized spacial score (nSPS) is 13.2. The Balaban J connectivity index is 1.34. The average molecular weight is 378 g/mol. The van der Waals surface area contributed by atoms with Crippen molar-refractivity contribution in [2.24, 2.45) is 0 Å². The summed E-state index contributed by atoms with van der Waals surface area (Å²) in [7, 11) is 0. The SMILES string of the molecule is Cc1ccc2c(c1)C(=O)N(CCCC(=O)Nc1ccc3[nH]c(=O)[nH]c3c1)C2=O. The molecule has 1 aromatic heterocycles. The lowest BCUT2D eigenvalue weighted by Gasteiger charge is -2.13. The van der Waals surface area contributed by atoms with E-state index in [1.165, 1.54) is 4.90 Å². The van der Waals surface area contributed by atoms with Gasteiger partial charge in [0.15, 0.2) is 0 Å². The van der Waals surface area contributed by atoms with Crippen LogP contribution in [0.4, 0.5) is 5.69 Å². The number of aromatic nitrogens is 2. The molecule has 0 atom stereocenters. The molecule has 8 nitrogen and oxygen atoms in total. The molecule has 0 fully saturated rings. The van der Waals surface area contributed by atoms with Crippen molar-refractivity contribution in [2.45, 2.75) is 19.8 Å². The summed E-state index contributed by atoms with van der Waals surface area (Å²) in [6, 6.07) is 10.2. The molecular formula is C20H18N4O4. The minimum Gasteiger partial charge on any atom is -0.326 e. The quantitative estimate of drug-likeness (QED) is 0.590. The van der Waals surface area contributed by atoms with Crippen LogP contribution in [0.25, 0.3) is 11.0 Å². The first-order chi connectivity index (χ1) is 13.4. The Bertz CT molecular complexity index is 1170. The number of imidazole rings is 1. The van der Waals surface area contributed by atoms with Crippen LogP contribution in [0.15, 0.2) is 41.2 Å². The Hall–Kier alpha value is -3.68. The Labute approximate surface area is 159 Å². The van der Waals surface area contributed by atoms with E-state index in [-0.39, 0.29) is 36.4 Å². The van der Waals surface area contributed by atoms with Gasteiger partial charge in [0.1, 0.15) is 0 Å². The van der Waals surface area contributed by atoms with Gasteiger partial charge in [0, 0.05) is 18.7 Å². The molecular weight excluding hydrogens is 360 g/mol. The van der Waals surface area contributed by atoms with Gasteiger partial charge in [0.2, 0.25) is 5.91 Å². The lowest BCUT2D eigenvalue weighted by Crippen LogP contribution is -2.31. The van der Waals surface area contributed by atoms with Crippen LogP contribution in [0.1, 0.15) is 39.1 Å². The van der Waals surface area contributed by atoms with E-state index in [2.05, 4.69) is 15.3 Å². The van der Waals surface area contributed by atoms with Crippen LogP contribution in [0, 0.1) is 6.92 Å². The minimum absolute atomic E-state index is 0.161. The number of fused-ring (bicyclic) bond motifs is 2. The lowest BCUT2D eigenvalue weighted by atomic mass is 10.1. The maximum atomic E-state index is 12.4. The van der Waals surface area contributed by atoms with Gasteiger partial charge in [-0.2, -0.15) is 0 Å². The Morgan fingerprint density at radius 3 is 2.54 bits per heavy atom. The van der Waals surface area contributed by atoms with Gasteiger partial charge < -0.3 is 15.3 Å². The maximum Gasteiger partial charge on any atom is 0.323 e. The van der Waals surface area contributed by atoms with Crippen molar-refractivity contribution in [3.8, 4) is 0 Å². The Morgan fingerprint density at radius 1 is 0.964 bits per heavy atom. The smallest absolute Gasteiger partial charge is 0.323 e. The van der Waals surface area contributed by atoms with Crippen LogP contribution in [-0.2, 0) is 4.79 Å². The average Bonchev–Trinajstić information content (AvgIpc) is 3.13. The fraction of sp³-hybridized carbons (Fsp3) is 0.200. The first-order valence-electron chi connectivity index (χ1n) is 8.91. The van der Waals surface area contributed by atoms with Crippen LogP contribution in [0.5, 0.6) is 0 Å². The molecule has 4 rings (SSSR count). The predicted molar refractivity (Wildman–Crippen MR) is 103 cm³/mol. The number of hydrogen-bond acceptors (Lipinski definition) is 4. The number of imide groups is 1. The highest BCUT2D eigenvalue weighted by atomic mass is 16.2. The van der Waals surface area contributed by atoms with Crippen LogP contribution >= 0.6 is 0 Å². The van der Waals surface area contributed by atoms with Gasteiger partial charge in [-0.15, -0.1) is 0 Å². The first kappa shape index (κ1) is 17.7. The maximum absolute atomic E-state index is 12.4. The molecule has 0 radical (unpaired) electrons. The molecule has 0 unspecified atom stereocenters. The summed E-state index contributed by atoms with van der Waals surface area (Å²) in [6.45, 7) is 2.05. The number of anilines is 1. The second kappa shape index (κ2) is 6.80. The molecule has 3 N–H and O–H groups in total. The number of hydrogen-bond donors (Lipinski definition) is 3. The number of rotatable bonds is 5. The minimum atomic E-state index is -0.317. The van der Waals surface area contributed by atoms with Crippen LogP contribution in [0.2, 0.25) is 0 Å². The van der Waals surface area contributed by atoms with Gasteiger partial charge in [-0.3, -0.25) is 19.3 Å². The molecule has 0 bridgehead atoms. The third-order valence-corrected chi connectivity index (χ3v) is 4.71. The number of nitrogens with zero attached hydrogens (tertiary/aromatic N) is 1. The Kier molecular flexibility index (Phi) is 4.31. The fourth-order valence-corrected chi connectivity index (χ4v) is 3.34. The third kappa shape index (κ3) is 3.20. The molecule has 0 spiro atoms. The van der Waals surface area contributed by atoms with Crippen molar-refractivity contribution in [1.82, 2.24) is 14.9 Å². The van der Waals surface area contributed by atoms with E-state index in [0.717, 1.165) is 5.56 Å². The molecule has 0 saturated heterocycles. The van der Waals surface area contributed by atoms with Crippen molar-refractivity contribution in [1.29, 1.82) is 0 Å². The number of H-pyrrole nitrogens is 2. The van der Waals surface area contributed by atoms with Crippen LogP contribution in [-0.4, -0.2) is 39.1 Å². The van der Waals surface area contributed by atoms with Crippen LogP contribution in [0.3, 0.4) is 0 Å². The lowest BCUT2D eigenvalue weighted by molar-refractivity contribution is -0.116. The fourth-order valence-electron chi connectivity index (χ4n) is 3.34. The number of amides is 3. The van der Waals surface area contributed by atoms with E-state index in [4.69, 9.17) is 0 Å². The van der Waals surface area contributed by atoms with E-state index >= 15 is 0 Å². The van der Waals surface area contributed by atoms with Gasteiger partial charge in [-0.05, 0) is 43.7 Å². The van der Waals surface area contributed by atoms with Gasteiger partial charge in [0.25, 0.3) is 11.8 Å². The summed E-state index contributed by atoms with van der Waals surface area (Å²) in [4.78, 5) is 54.7. The molecule has 8 heteroatoms. The predicted octanol–water partition coefficient (Wildman–Crippen LogP) is 2.18. The largest absolute Gasteiger partial charge is 0.326 e. The number of carbonyl (C=O) groups is 3.